The summed E-state index contributed by atoms with van der Waals surface area (Å²) in [5.41, 5.74) is 0.262. The van der Waals surface area contributed by atoms with Gasteiger partial charge in [-0.25, -0.2) is 23.4 Å². The number of amides is 4. The summed E-state index contributed by atoms with van der Waals surface area (Å²) in [4.78, 5) is 88.1. The number of fused-ring (bicyclic) bond motifs is 5. The van der Waals surface area contributed by atoms with Crippen molar-refractivity contribution in [1.29, 1.82) is 0 Å². The lowest BCUT2D eigenvalue weighted by molar-refractivity contribution is -0.126. The molecular weight excluding hydrogens is 772 g/mol. The summed E-state index contributed by atoms with van der Waals surface area (Å²) < 4.78 is 38.4. The molecule has 1 aromatic carbocycles. The van der Waals surface area contributed by atoms with Crippen molar-refractivity contribution in [2.45, 2.75) is 38.8 Å². The monoisotopic (exact) mass is 815 g/mol. The highest BCUT2D eigenvalue weighted by Crippen LogP contribution is 2.47. The summed E-state index contributed by atoms with van der Waals surface area (Å²) in [6.45, 7) is 5.58. The largest absolute Gasteiger partial charge is 0.477 e. The van der Waals surface area contributed by atoms with Gasteiger partial charge in [-0.2, -0.15) is 0 Å². The van der Waals surface area contributed by atoms with E-state index in [1.165, 1.54) is 29.8 Å². The van der Waals surface area contributed by atoms with Gasteiger partial charge in [-0.15, -0.1) is 0 Å². The lowest BCUT2D eigenvalue weighted by atomic mass is 10.00. The van der Waals surface area contributed by atoms with Crippen molar-refractivity contribution >= 4 is 68.6 Å². The van der Waals surface area contributed by atoms with E-state index in [0.717, 1.165) is 23.9 Å². The van der Waals surface area contributed by atoms with Gasteiger partial charge in [-0.05, 0) is 58.4 Å². The number of likely N-dealkylation sites (tertiary alicyclic amines) is 1. The molecule has 2 aliphatic heterocycles. The van der Waals surface area contributed by atoms with Crippen molar-refractivity contribution in [2.24, 2.45) is 5.92 Å². The molecule has 17 nitrogen and oxygen atoms in total. The van der Waals surface area contributed by atoms with Gasteiger partial charge in [0, 0.05) is 67.8 Å². The highest BCUT2D eigenvalue weighted by molar-refractivity contribution is 6.19. The number of nitrogens with one attached hydrogen (secondary N) is 4. The summed E-state index contributed by atoms with van der Waals surface area (Å²) in [5.74, 6) is -5.61. The van der Waals surface area contributed by atoms with Gasteiger partial charge < -0.3 is 45.5 Å². The predicted octanol–water partition coefficient (Wildman–Crippen LogP) is 2.83. The van der Waals surface area contributed by atoms with Crippen LogP contribution in [0.4, 0.5) is 25.0 Å². The van der Waals surface area contributed by atoms with Gasteiger partial charge >= 0.3 is 12.1 Å². The molecule has 7 rings (SSSR count). The van der Waals surface area contributed by atoms with Crippen LogP contribution < -0.4 is 31.3 Å². The Labute approximate surface area is 335 Å². The first kappa shape index (κ1) is 40.6. The molecule has 2 aliphatic rings. The second kappa shape index (κ2) is 15.6. The Morgan fingerprint density at radius 3 is 2.41 bits per heavy atom. The van der Waals surface area contributed by atoms with Crippen LogP contribution in [0, 0.1) is 17.6 Å². The van der Waals surface area contributed by atoms with Crippen molar-refractivity contribution in [3.05, 3.63) is 70.3 Å². The van der Waals surface area contributed by atoms with E-state index < -0.39 is 77.8 Å². The molecule has 59 heavy (non-hydrogen) atoms. The fraction of sp³-hybridized carbons (Fsp3) is 0.375. The van der Waals surface area contributed by atoms with Crippen molar-refractivity contribution < 1.29 is 42.6 Å². The third-order valence-electron chi connectivity index (χ3n) is 10.6. The highest BCUT2D eigenvalue weighted by atomic mass is 19.2. The molecule has 2 atom stereocenters. The number of aromatic amines is 1. The predicted molar refractivity (Wildman–Crippen MR) is 214 cm³/mol. The molecule has 0 spiro atoms. The van der Waals surface area contributed by atoms with Gasteiger partial charge in [-0.3, -0.25) is 23.6 Å². The summed E-state index contributed by atoms with van der Waals surface area (Å²) in [7, 11) is 3.36. The molecule has 19 heteroatoms. The van der Waals surface area contributed by atoms with Gasteiger partial charge in [0.1, 0.15) is 23.4 Å². The quantitative estimate of drug-likeness (QED) is 0.138. The maximum absolute atomic E-state index is 16.3. The zero-order valence-corrected chi connectivity index (χ0v) is 32.9. The van der Waals surface area contributed by atoms with Crippen molar-refractivity contribution in [3.8, 4) is 11.1 Å². The van der Waals surface area contributed by atoms with Crippen LogP contribution in [0.25, 0.3) is 38.6 Å². The van der Waals surface area contributed by atoms with Crippen LogP contribution in [-0.2, 0) is 19.1 Å². The molecule has 4 aromatic heterocycles. The zero-order chi connectivity index (χ0) is 42.5. The number of carboxylic acids is 1. The number of anilines is 2. The van der Waals surface area contributed by atoms with E-state index >= 15 is 8.78 Å². The second-order valence-corrected chi connectivity index (χ2v) is 15.8. The smallest absolute Gasteiger partial charge is 0.408 e. The minimum atomic E-state index is -1.37. The van der Waals surface area contributed by atoms with E-state index in [4.69, 9.17) is 4.74 Å². The lowest BCUT2D eigenvalue weighted by Gasteiger charge is -2.29. The number of carbonyl (C=O) groups is 5. The van der Waals surface area contributed by atoms with Gasteiger partial charge in [0.25, 0.3) is 5.56 Å². The Balaban J connectivity index is 1.21. The Morgan fingerprint density at radius 2 is 1.69 bits per heavy atom. The Morgan fingerprint density at radius 1 is 1.00 bits per heavy atom. The molecule has 0 saturated carbocycles. The van der Waals surface area contributed by atoms with E-state index in [9.17, 15) is 33.9 Å². The number of aromatic nitrogens is 3. The van der Waals surface area contributed by atoms with Crippen LogP contribution in [0.2, 0.25) is 0 Å². The van der Waals surface area contributed by atoms with E-state index in [0.29, 0.717) is 35.4 Å². The molecule has 310 valence electrons. The third-order valence-corrected chi connectivity index (χ3v) is 10.6. The lowest BCUT2D eigenvalue weighted by Crippen LogP contribution is -2.45. The fourth-order valence-corrected chi connectivity index (χ4v) is 7.86. The van der Waals surface area contributed by atoms with E-state index in [2.05, 4.69) is 35.7 Å². The minimum absolute atomic E-state index is 0.00562. The van der Waals surface area contributed by atoms with Crippen LogP contribution >= 0.6 is 0 Å². The van der Waals surface area contributed by atoms with Gasteiger partial charge in [-0.1, -0.05) is 6.07 Å². The minimum Gasteiger partial charge on any atom is -0.477 e. The fourth-order valence-electron chi connectivity index (χ4n) is 7.86. The number of benzene rings is 1. The number of H-pyrrole nitrogens is 1. The molecular formula is C40H43F2N9O8. The normalized spacial score (nSPS) is 16.7. The summed E-state index contributed by atoms with van der Waals surface area (Å²) in [6, 6.07) is 7.06. The first-order chi connectivity index (χ1) is 27.9. The molecule has 0 unspecified atom stereocenters. The maximum atomic E-state index is 16.3. The van der Waals surface area contributed by atoms with Gasteiger partial charge in [0.15, 0.2) is 11.6 Å². The Hall–Kier alpha value is -6.63. The molecule has 2 saturated heterocycles. The highest BCUT2D eigenvalue weighted by Gasteiger charge is 2.42. The third kappa shape index (κ3) is 7.97. The molecule has 0 aliphatic carbocycles. The van der Waals surface area contributed by atoms with E-state index in [1.54, 1.807) is 39.1 Å². The SMILES string of the molecule is CN1C[C@@H]2CCN(c3c(-c4ccc5ccc(C(=O)O)c(=O)n5c4)cnc4[nH]c5c(N(C)C(=O)CNC(=O)CNC(=O)CNC(=O)OC(C)(C)C)cc(F)c(F)c5c34)[C@@H]2C1. The van der Waals surface area contributed by atoms with Crippen molar-refractivity contribution in [1.82, 2.24) is 35.2 Å². The molecule has 5 N–H and O–H groups in total. The first-order valence-corrected chi connectivity index (χ1v) is 18.8. The number of aromatic carboxylic acids is 1. The van der Waals surface area contributed by atoms with E-state index in [-0.39, 0.29) is 39.6 Å². The molecule has 4 amide bonds. The van der Waals surface area contributed by atoms with Crippen LogP contribution in [0.15, 0.2) is 47.5 Å². The first-order valence-electron chi connectivity index (χ1n) is 18.8. The van der Waals surface area contributed by atoms with Gasteiger partial charge in [0.05, 0.1) is 40.8 Å². The van der Waals surface area contributed by atoms with Crippen LogP contribution in [0.1, 0.15) is 37.6 Å². The van der Waals surface area contributed by atoms with Crippen LogP contribution in [0.3, 0.4) is 0 Å². The van der Waals surface area contributed by atoms with E-state index in [1.807, 2.05) is 7.05 Å². The molecule has 6 heterocycles. The number of hydrogen-bond donors (Lipinski definition) is 5. The second-order valence-electron chi connectivity index (χ2n) is 15.8. The summed E-state index contributed by atoms with van der Waals surface area (Å²) in [5, 5.41) is 16.7. The topological polar surface area (TPSA) is 211 Å². The number of hydrogen-bond acceptors (Lipinski definition) is 10. The zero-order valence-electron chi connectivity index (χ0n) is 32.9. The molecule has 2 fully saturated rings. The Kier molecular flexibility index (Phi) is 10.7. The van der Waals surface area contributed by atoms with Crippen LogP contribution in [0.5, 0.6) is 0 Å². The average molecular weight is 816 g/mol. The average Bonchev–Trinajstić information content (AvgIpc) is 3.87. The Bertz CT molecular complexity index is 2620. The summed E-state index contributed by atoms with van der Waals surface area (Å²) in [6.07, 6.45) is 3.09. The van der Waals surface area contributed by atoms with Crippen LogP contribution in [-0.4, -0.2) is 119 Å². The number of alkyl carbamates (subject to hydrolysis) is 1. The number of halogens is 2. The molecule has 5 aromatic rings. The number of nitrogens with zero attached hydrogens (tertiary/aromatic N) is 5. The number of pyridine rings is 3. The standard InChI is InChI=1S/C40H43F2N9O8/c1-40(2,3)59-39(58)46-15-29(53)43-14-28(52)44-16-30(54)49(5)26-12-25(41)33(42)31-32-35(50-11-10-21-17-48(4)19-27(21)50)24(13-45-36(32)47-34(26)31)20-6-7-22-8-9-23(38(56)57)37(55)51(22)18-20/h6-9,12-13,18,21,27H,10-11,14-17,19H2,1-5H3,(H,43,53)(H,44,52)(H,45,47)(H,46,58)(H,56,57)/t21-,27+/m0/s1. The number of likely N-dealkylation sites (N-methyl/N-ethyl adjacent to an activating group) is 2. The summed E-state index contributed by atoms with van der Waals surface area (Å²) >= 11 is 0. The number of ether oxygens (including phenoxy) is 1. The van der Waals surface area contributed by atoms with Gasteiger partial charge in [0.2, 0.25) is 17.7 Å². The molecule has 0 radical (unpaired) electrons. The number of carboxylic acid groups (broad SMARTS) is 1. The maximum Gasteiger partial charge on any atom is 0.408 e. The molecule has 0 bridgehead atoms. The number of carbonyl (C=O) groups excluding carboxylic acids is 4. The van der Waals surface area contributed by atoms with Crippen molar-refractivity contribution in [2.75, 3.05) is 63.2 Å². The number of rotatable bonds is 10. The van der Waals surface area contributed by atoms with Crippen molar-refractivity contribution in [3.63, 3.8) is 0 Å².